The molecule has 0 saturated heterocycles. The van der Waals surface area contributed by atoms with Gasteiger partial charge in [0.05, 0.1) is 0 Å². The van der Waals surface area contributed by atoms with Gasteiger partial charge in [-0.2, -0.15) is 0 Å². The van der Waals surface area contributed by atoms with Gasteiger partial charge in [-0.05, 0) is 71.1 Å². The average molecular weight is 294 g/mol. The number of nitrogens with one attached hydrogen (secondary N) is 2. The maximum atomic E-state index is 12.0. The molecule has 0 spiro atoms. The Balaban J connectivity index is 1.50. The van der Waals surface area contributed by atoms with Gasteiger partial charge in [-0.25, -0.2) is 4.79 Å². The Morgan fingerprint density at radius 2 is 1.76 bits per heavy atom. The van der Waals surface area contributed by atoms with E-state index >= 15 is 0 Å². The van der Waals surface area contributed by atoms with Crippen LogP contribution in [0.15, 0.2) is 0 Å². The number of carbonyl (C=O) groups is 1. The molecule has 0 aromatic rings. The van der Waals surface area contributed by atoms with Crippen LogP contribution in [-0.4, -0.2) is 29.8 Å². The van der Waals surface area contributed by atoms with Crippen LogP contribution in [-0.2, 0) is 4.74 Å². The summed E-state index contributed by atoms with van der Waals surface area (Å²) in [4.78, 5) is 12.0. The van der Waals surface area contributed by atoms with Crippen molar-refractivity contribution >= 4 is 6.09 Å². The standard InChI is InChI=1S/C17H30N2O2/c1-17(2,3)21-16(20)19-14-6-4-5-13(14)18-15-10-11-7-8-12(15)9-11/h11-15,18H,4-10H2,1-3H3,(H,19,20). The number of hydrogen-bond donors (Lipinski definition) is 2. The maximum Gasteiger partial charge on any atom is 0.407 e. The lowest BCUT2D eigenvalue weighted by Gasteiger charge is -2.30. The lowest BCUT2D eigenvalue weighted by atomic mass is 9.94. The Kier molecular flexibility index (Phi) is 4.17. The molecule has 0 heterocycles. The van der Waals surface area contributed by atoms with Crippen LogP contribution in [0.2, 0.25) is 0 Å². The van der Waals surface area contributed by atoms with Crippen molar-refractivity contribution in [3.05, 3.63) is 0 Å². The molecule has 1 amide bonds. The second kappa shape index (κ2) is 5.79. The van der Waals surface area contributed by atoms with E-state index in [1.54, 1.807) is 0 Å². The molecule has 0 aromatic heterocycles. The number of alkyl carbamates (subject to hydrolysis) is 1. The molecule has 0 aliphatic heterocycles. The number of fused-ring (bicyclic) bond motifs is 2. The van der Waals surface area contributed by atoms with E-state index in [9.17, 15) is 4.79 Å². The molecule has 2 bridgehead atoms. The van der Waals surface area contributed by atoms with Gasteiger partial charge in [0.2, 0.25) is 0 Å². The van der Waals surface area contributed by atoms with Crippen LogP contribution in [0.4, 0.5) is 4.79 Å². The first-order chi connectivity index (χ1) is 9.90. The van der Waals surface area contributed by atoms with Crippen LogP contribution in [0, 0.1) is 11.8 Å². The second-order valence-corrected chi connectivity index (χ2v) is 8.24. The predicted octanol–water partition coefficient (Wildman–Crippen LogP) is 3.21. The number of carbonyl (C=O) groups excluding carboxylic acids is 1. The highest BCUT2D eigenvalue weighted by Crippen LogP contribution is 2.45. The van der Waals surface area contributed by atoms with Crippen molar-refractivity contribution in [2.24, 2.45) is 11.8 Å². The fourth-order valence-corrected chi connectivity index (χ4v) is 4.52. The van der Waals surface area contributed by atoms with Crippen LogP contribution in [0.1, 0.15) is 65.7 Å². The summed E-state index contributed by atoms with van der Waals surface area (Å²) in [6, 6.07) is 1.36. The topological polar surface area (TPSA) is 50.4 Å². The number of ether oxygens (including phenoxy) is 1. The number of rotatable bonds is 3. The molecule has 120 valence electrons. The summed E-state index contributed by atoms with van der Waals surface area (Å²) in [5.74, 6) is 1.85. The van der Waals surface area contributed by atoms with Crippen molar-refractivity contribution in [1.82, 2.24) is 10.6 Å². The second-order valence-electron chi connectivity index (χ2n) is 8.24. The zero-order valence-electron chi connectivity index (χ0n) is 13.7. The highest BCUT2D eigenvalue weighted by atomic mass is 16.6. The van der Waals surface area contributed by atoms with Gasteiger partial charge in [-0.3, -0.25) is 0 Å². The Morgan fingerprint density at radius 1 is 1.00 bits per heavy atom. The van der Waals surface area contributed by atoms with E-state index in [0.717, 1.165) is 18.3 Å². The van der Waals surface area contributed by atoms with E-state index in [4.69, 9.17) is 4.74 Å². The van der Waals surface area contributed by atoms with E-state index in [2.05, 4.69) is 10.6 Å². The SMILES string of the molecule is CC(C)(C)OC(=O)NC1CCCC1NC1CC2CCC1C2. The average Bonchev–Trinajstić information content (AvgIpc) is 3.04. The quantitative estimate of drug-likeness (QED) is 0.840. The van der Waals surface area contributed by atoms with Gasteiger partial charge in [0.15, 0.2) is 0 Å². The number of hydrogen-bond acceptors (Lipinski definition) is 3. The summed E-state index contributed by atoms with van der Waals surface area (Å²) in [7, 11) is 0. The van der Waals surface area contributed by atoms with E-state index < -0.39 is 5.60 Å². The van der Waals surface area contributed by atoms with Gasteiger partial charge >= 0.3 is 6.09 Å². The molecule has 5 atom stereocenters. The van der Waals surface area contributed by atoms with Gasteiger partial charge in [-0.15, -0.1) is 0 Å². The van der Waals surface area contributed by atoms with Crippen molar-refractivity contribution in [2.45, 2.75) is 89.4 Å². The Hall–Kier alpha value is -0.770. The van der Waals surface area contributed by atoms with Gasteiger partial charge < -0.3 is 15.4 Å². The van der Waals surface area contributed by atoms with Crippen LogP contribution in [0.5, 0.6) is 0 Å². The Labute approximate surface area is 128 Å². The lowest BCUT2D eigenvalue weighted by Crippen LogP contribution is -2.51. The first-order valence-electron chi connectivity index (χ1n) is 8.66. The normalized spacial score (nSPS) is 38.7. The fourth-order valence-electron chi connectivity index (χ4n) is 4.52. The van der Waals surface area contributed by atoms with Crippen molar-refractivity contribution in [2.75, 3.05) is 0 Å². The molecular formula is C17H30N2O2. The van der Waals surface area contributed by atoms with Crippen molar-refractivity contribution in [3.63, 3.8) is 0 Å². The number of amides is 1. The van der Waals surface area contributed by atoms with Gasteiger partial charge in [0.1, 0.15) is 5.60 Å². The molecule has 4 nitrogen and oxygen atoms in total. The third-order valence-electron chi connectivity index (χ3n) is 5.38. The molecule has 0 radical (unpaired) electrons. The minimum absolute atomic E-state index is 0.235. The molecule has 21 heavy (non-hydrogen) atoms. The highest BCUT2D eigenvalue weighted by Gasteiger charge is 2.41. The molecule has 3 rings (SSSR count). The van der Waals surface area contributed by atoms with Crippen molar-refractivity contribution < 1.29 is 9.53 Å². The highest BCUT2D eigenvalue weighted by molar-refractivity contribution is 5.68. The van der Waals surface area contributed by atoms with E-state index in [0.29, 0.717) is 12.1 Å². The molecule has 3 fully saturated rings. The summed E-state index contributed by atoms with van der Waals surface area (Å²) in [5.41, 5.74) is -0.420. The molecule has 3 saturated carbocycles. The Morgan fingerprint density at radius 3 is 2.38 bits per heavy atom. The minimum Gasteiger partial charge on any atom is -0.444 e. The van der Waals surface area contributed by atoms with Crippen molar-refractivity contribution in [1.29, 1.82) is 0 Å². The summed E-state index contributed by atoms with van der Waals surface area (Å²) in [6.45, 7) is 5.73. The zero-order valence-corrected chi connectivity index (χ0v) is 13.7. The Bertz CT molecular complexity index is 391. The molecular weight excluding hydrogens is 264 g/mol. The molecule has 3 aliphatic carbocycles. The van der Waals surface area contributed by atoms with Crippen LogP contribution in [0.3, 0.4) is 0 Å². The van der Waals surface area contributed by atoms with E-state index in [1.165, 1.54) is 38.5 Å². The van der Waals surface area contributed by atoms with E-state index in [-0.39, 0.29) is 12.1 Å². The van der Waals surface area contributed by atoms with Crippen LogP contribution >= 0.6 is 0 Å². The predicted molar refractivity (Wildman–Crippen MR) is 83.2 cm³/mol. The summed E-state index contributed by atoms with van der Waals surface area (Å²) >= 11 is 0. The summed E-state index contributed by atoms with van der Waals surface area (Å²) < 4.78 is 5.39. The smallest absolute Gasteiger partial charge is 0.407 e. The molecule has 0 aromatic carbocycles. The summed E-state index contributed by atoms with van der Waals surface area (Å²) in [5, 5.41) is 6.94. The minimum atomic E-state index is -0.420. The largest absolute Gasteiger partial charge is 0.444 e. The van der Waals surface area contributed by atoms with Crippen LogP contribution in [0.25, 0.3) is 0 Å². The molecule has 2 N–H and O–H groups in total. The summed E-state index contributed by atoms with van der Waals surface area (Å²) in [6.07, 6.45) is 8.78. The fraction of sp³-hybridized carbons (Fsp3) is 0.941. The lowest BCUT2D eigenvalue weighted by molar-refractivity contribution is 0.0496. The van der Waals surface area contributed by atoms with E-state index in [1.807, 2.05) is 20.8 Å². The van der Waals surface area contributed by atoms with Gasteiger partial charge in [0, 0.05) is 18.1 Å². The third-order valence-corrected chi connectivity index (χ3v) is 5.38. The third kappa shape index (κ3) is 3.71. The van der Waals surface area contributed by atoms with Gasteiger partial charge in [0.25, 0.3) is 0 Å². The van der Waals surface area contributed by atoms with Gasteiger partial charge in [-0.1, -0.05) is 6.42 Å². The maximum absolute atomic E-state index is 12.0. The monoisotopic (exact) mass is 294 g/mol. The first kappa shape index (κ1) is 15.1. The molecule has 3 aliphatic rings. The molecule has 4 heteroatoms. The zero-order chi connectivity index (χ0) is 15.0. The van der Waals surface area contributed by atoms with Crippen molar-refractivity contribution in [3.8, 4) is 0 Å². The van der Waals surface area contributed by atoms with Crippen LogP contribution < -0.4 is 10.6 Å². The molecule has 5 unspecified atom stereocenters. The first-order valence-corrected chi connectivity index (χ1v) is 8.66.